The minimum Gasteiger partial charge on any atom is -0.376 e. The molecule has 0 radical (unpaired) electrons. The summed E-state index contributed by atoms with van der Waals surface area (Å²) < 4.78 is 11.1. The molecule has 2 aliphatic heterocycles. The summed E-state index contributed by atoms with van der Waals surface area (Å²) in [7, 11) is 0. The Morgan fingerprint density at radius 3 is 2.81 bits per heavy atom. The number of hydrogen-bond donors (Lipinski definition) is 1. The van der Waals surface area contributed by atoms with Crippen molar-refractivity contribution >= 4 is 11.8 Å². The smallest absolute Gasteiger partial charge is 0.244 e. The van der Waals surface area contributed by atoms with Crippen LogP contribution < -0.4 is 5.32 Å². The number of carbonyl (C=O) groups is 1. The van der Waals surface area contributed by atoms with Crippen molar-refractivity contribution in [3.8, 4) is 0 Å². The first-order chi connectivity index (χ1) is 12.1. The minimum atomic E-state index is -0.0955. The molecule has 1 aromatic rings. The molecule has 0 aliphatic carbocycles. The third kappa shape index (κ3) is 4.65. The molecular weight excluding hydrogens is 330 g/mol. The van der Waals surface area contributed by atoms with E-state index in [0.717, 1.165) is 51.1 Å². The summed E-state index contributed by atoms with van der Waals surface area (Å²) in [6.07, 6.45) is 4.09. The summed E-state index contributed by atoms with van der Waals surface area (Å²) in [4.78, 5) is 15.1. The molecular formula is C20H33N3O3. The summed E-state index contributed by atoms with van der Waals surface area (Å²) in [5.41, 5.74) is 0.700. The number of hydrogen-bond acceptors (Lipinski definition) is 5. The van der Waals surface area contributed by atoms with E-state index in [2.05, 4.69) is 50.0 Å². The Kier molecular flexibility index (Phi) is 5.45. The Hall–Kier alpha value is -1.40. The minimum absolute atomic E-state index is 0.0189. The Balaban J connectivity index is 1.59. The molecule has 2 fully saturated rings. The molecule has 0 saturated carbocycles. The van der Waals surface area contributed by atoms with E-state index in [1.165, 1.54) is 0 Å². The van der Waals surface area contributed by atoms with Crippen molar-refractivity contribution in [3.05, 3.63) is 11.8 Å². The van der Waals surface area contributed by atoms with Gasteiger partial charge in [0.25, 0.3) is 0 Å². The molecule has 2 unspecified atom stereocenters. The van der Waals surface area contributed by atoms with Gasteiger partial charge in [0.2, 0.25) is 11.8 Å². The number of ether oxygens (including phenoxy) is 1. The number of likely N-dealkylation sites (tertiary alicyclic amines) is 1. The lowest BCUT2D eigenvalue weighted by Gasteiger charge is -2.38. The molecule has 6 nitrogen and oxygen atoms in total. The van der Waals surface area contributed by atoms with Gasteiger partial charge in [-0.15, -0.1) is 0 Å². The predicted octanol–water partition coefficient (Wildman–Crippen LogP) is 3.58. The molecule has 1 amide bonds. The fourth-order valence-corrected chi connectivity index (χ4v) is 4.08. The summed E-state index contributed by atoms with van der Waals surface area (Å²) in [5.74, 6) is 1.05. The first kappa shape index (κ1) is 19.4. The van der Waals surface area contributed by atoms with Gasteiger partial charge in [-0.3, -0.25) is 15.0 Å². The lowest BCUT2D eigenvalue weighted by molar-refractivity contribution is -0.121. The van der Waals surface area contributed by atoms with E-state index in [1.807, 2.05) is 6.07 Å². The average Bonchev–Trinajstić information content (AvgIpc) is 3.15. The fraction of sp³-hybridized carbons (Fsp3) is 0.800. The van der Waals surface area contributed by atoms with Gasteiger partial charge in [-0.25, -0.2) is 0 Å². The van der Waals surface area contributed by atoms with E-state index in [4.69, 9.17) is 9.26 Å². The fourth-order valence-electron chi connectivity index (χ4n) is 4.08. The van der Waals surface area contributed by atoms with Crippen LogP contribution in [0, 0.1) is 5.92 Å². The lowest BCUT2D eigenvalue weighted by Crippen LogP contribution is -2.44. The van der Waals surface area contributed by atoms with Crippen LogP contribution in [0.3, 0.4) is 0 Å². The quantitative estimate of drug-likeness (QED) is 0.885. The predicted molar refractivity (Wildman–Crippen MR) is 101 cm³/mol. The van der Waals surface area contributed by atoms with Crippen LogP contribution in [0.4, 0.5) is 5.88 Å². The summed E-state index contributed by atoms with van der Waals surface area (Å²) in [6.45, 7) is 13.3. The standard InChI is InChI=1S/C20H33N3O3/c1-19(2,3)16-11-17(26-22-16)21-18(24)15-7-6-9-23(15)13-14-8-10-25-20(4,5)12-14/h11,14-15H,6-10,12-13H2,1-5H3,(H,21,24). The Bertz CT molecular complexity index is 632. The maximum atomic E-state index is 12.8. The van der Waals surface area contributed by atoms with Crippen molar-refractivity contribution < 1.29 is 14.1 Å². The number of nitrogens with zero attached hydrogens (tertiary/aromatic N) is 2. The van der Waals surface area contributed by atoms with Crippen molar-refractivity contribution in [2.24, 2.45) is 5.92 Å². The van der Waals surface area contributed by atoms with Crippen molar-refractivity contribution in [2.45, 2.75) is 77.4 Å². The van der Waals surface area contributed by atoms with Crippen molar-refractivity contribution in [2.75, 3.05) is 25.0 Å². The molecule has 6 heteroatoms. The summed E-state index contributed by atoms with van der Waals surface area (Å²) >= 11 is 0. The van der Waals surface area contributed by atoms with E-state index in [1.54, 1.807) is 0 Å². The summed E-state index contributed by atoms with van der Waals surface area (Å²) in [6, 6.07) is 1.75. The van der Waals surface area contributed by atoms with Gasteiger partial charge >= 0.3 is 0 Å². The van der Waals surface area contributed by atoms with Crippen LogP contribution in [0.2, 0.25) is 0 Å². The highest BCUT2D eigenvalue weighted by atomic mass is 16.5. The van der Waals surface area contributed by atoms with E-state index >= 15 is 0 Å². The number of nitrogens with one attached hydrogen (secondary N) is 1. The van der Waals surface area contributed by atoms with Gasteiger partial charge < -0.3 is 9.26 Å². The third-order valence-corrected chi connectivity index (χ3v) is 5.48. The van der Waals surface area contributed by atoms with Crippen LogP contribution in [-0.4, -0.2) is 47.3 Å². The highest BCUT2D eigenvalue weighted by molar-refractivity contribution is 5.93. The molecule has 146 valence electrons. The van der Waals surface area contributed by atoms with Crippen LogP contribution in [0.15, 0.2) is 10.6 Å². The molecule has 0 spiro atoms. The van der Waals surface area contributed by atoms with Crippen LogP contribution in [0.5, 0.6) is 0 Å². The Labute approximate surface area is 156 Å². The molecule has 1 N–H and O–H groups in total. The van der Waals surface area contributed by atoms with Crippen LogP contribution in [0.25, 0.3) is 0 Å². The summed E-state index contributed by atoms with van der Waals surface area (Å²) in [5, 5.41) is 7.00. The van der Waals surface area contributed by atoms with Gasteiger partial charge in [0.05, 0.1) is 17.3 Å². The second kappa shape index (κ2) is 7.31. The van der Waals surface area contributed by atoms with Crippen LogP contribution in [0.1, 0.15) is 66.0 Å². The Morgan fingerprint density at radius 2 is 2.15 bits per heavy atom. The number of carbonyl (C=O) groups excluding carboxylic acids is 1. The highest BCUT2D eigenvalue weighted by Gasteiger charge is 2.36. The molecule has 0 bridgehead atoms. The number of aromatic nitrogens is 1. The van der Waals surface area contributed by atoms with E-state index < -0.39 is 0 Å². The van der Waals surface area contributed by atoms with Crippen molar-refractivity contribution in [3.63, 3.8) is 0 Å². The van der Waals surface area contributed by atoms with Gasteiger partial charge in [0.1, 0.15) is 0 Å². The van der Waals surface area contributed by atoms with Gasteiger partial charge in [0, 0.05) is 24.6 Å². The monoisotopic (exact) mass is 363 g/mol. The van der Waals surface area contributed by atoms with Gasteiger partial charge in [-0.05, 0) is 52.0 Å². The van der Waals surface area contributed by atoms with E-state index in [9.17, 15) is 4.79 Å². The molecule has 3 rings (SSSR count). The highest BCUT2D eigenvalue weighted by Crippen LogP contribution is 2.31. The molecule has 2 atom stereocenters. The van der Waals surface area contributed by atoms with E-state index in [0.29, 0.717) is 11.8 Å². The molecule has 2 saturated heterocycles. The molecule has 1 aromatic heterocycles. The van der Waals surface area contributed by atoms with Crippen molar-refractivity contribution in [1.29, 1.82) is 0 Å². The lowest BCUT2D eigenvalue weighted by atomic mass is 9.88. The first-order valence-corrected chi connectivity index (χ1v) is 9.80. The molecule has 3 heterocycles. The Morgan fingerprint density at radius 1 is 1.38 bits per heavy atom. The van der Waals surface area contributed by atoms with Gasteiger partial charge in [-0.1, -0.05) is 25.9 Å². The number of amides is 1. The van der Waals surface area contributed by atoms with Crippen molar-refractivity contribution in [1.82, 2.24) is 10.1 Å². The zero-order valence-electron chi connectivity index (χ0n) is 16.8. The first-order valence-electron chi connectivity index (χ1n) is 9.80. The zero-order chi connectivity index (χ0) is 18.9. The number of rotatable bonds is 4. The normalized spacial score (nSPS) is 26.8. The second-order valence-corrected chi connectivity index (χ2v) is 9.44. The van der Waals surface area contributed by atoms with Crippen LogP contribution in [-0.2, 0) is 14.9 Å². The third-order valence-electron chi connectivity index (χ3n) is 5.48. The van der Waals surface area contributed by atoms with E-state index in [-0.39, 0.29) is 23.0 Å². The number of anilines is 1. The topological polar surface area (TPSA) is 67.6 Å². The van der Waals surface area contributed by atoms with Crippen LogP contribution >= 0.6 is 0 Å². The second-order valence-electron chi connectivity index (χ2n) is 9.44. The SMILES string of the molecule is CC1(C)CC(CN2CCCC2C(=O)Nc2cc(C(C)(C)C)no2)CCO1. The maximum Gasteiger partial charge on any atom is 0.244 e. The average molecular weight is 364 g/mol. The zero-order valence-corrected chi connectivity index (χ0v) is 16.8. The maximum absolute atomic E-state index is 12.8. The van der Waals surface area contributed by atoms with Gasteiger partial charge in [0.15, 0.2) is 0 Å². The molecule has 0 aromatic carbocycles. The molecule has 26 heavy (non-hydrogen) atoms. The largest absolute Gasteiger partial charge is 0.376 e. The van der Waals surface area contributed by atoms with Gasteiger partial charge in [-0.2, -0.15) is 0 Å². The molecule has 2 aliphatic rings.